The Morgan fingerprint density at radius 1 is 1.57 bits per heavy atom. The van der Waals surface area contributed by atoms with E-state index in [0.717, 1.165) is 12.5 Å². The molecule has 2 heteroatoms. The molecule has 1 atom stereocenters. The predicted molar refractivity (Wildman–Crippen MR) is 58.3 cm³/mol. The molecule has 2 heterocycles. The highest BCUT2D eigenvalue weighted by Crippen LogP contribution is 2.13. The molecule has 1 fully saturated rings. The quantitative estimate of drug-likeness (QED) is 0.789. The van der Waals surface area contributed by atoms with Gasteiger partial charge in [-0.2, -0.15) is 0 Å². The highest BCUT2D eigenvalue weighted by atomic mass is 14.9. The van der Waals surface area contributed by atoms with Crippen LogP contribution in [-0.2, 0) is 6.42 Å². The van der Waals surface area contributed by atoms with Crippen LogP contribution in [-0.4, -0.2) is 17.6 Å². The van der Waals surface area contributed by atoms with Gasteiger partial charge in [0.2, 0.25) is 0 Å². The van der Waals surface area contributed by atoms with Gasteiger partial charge in [0, 0.05) is 17.9 Å². The van der Waals surface area contributed by atoms with Gasteiger partial charge in [0.15, 0.2) is 0 Å². The minimum absolute atomic E-state index is 0.733. The zero-order chi connectivity index (χ0) is 9.80. The van der Waals surface area contributed by atoms with E-state index < -0.39 is 0 Å². The monoisotopic (exact) mass is 190 g/mol. The molecule has 0 unspecified atom stereocenters. The molecular weight excluding hydrogens is 172 g/mol. The second-order valence-corrected chi connectivity index (χ2v) is 4.10. The molecule has 1 aliphatic rings. The number of hydrogen-bond donors (Lipinski definition) is 1. The fourth-order valence-corrected chi connectivity index (χ4v) is 2.09. The van der Waals surface area contributed by atoms with Crippen molar-refractivity contribution < 1.29 is 0 Å². The lowest BCUT2D eigenvalue weighted by Crippen LogP contribution is -2.21. The molecule has 0 bridgehead atoms. The molecule has 0 spiro atoms. The summed E-state index contributed by atoms with van der Waals surface area (Å²) in [5.74, 6) is 0. The van der Waals surface area contributed by atoms with Gasteiger partial charge >= 0.3 is 0 Å². The molecule has 1 aromatic heterocycles. The number of aryl methyl sites for hydroxylation is 2. The number of rotatable bonds is 3. The number of hydrogen-bond acceptors (Lipinski definition) is 2. The lowest BCUT2D eigenvalue weighted by Gasteiger charge is -2.10. The summed E-state index contributed by atoms with van der Waals surface area (Å²) in [6, 6.07) is 4.88. The van der Waals surface area contributed by atoms with Gasteiger partial charge in [-0.25, -0.2) is 0 Å². The summed E-state index contributed by atoms with van der Waals surface area (Å²) in [5.41, 5.74) is 2.59. The molecule has 2 nitrogen and oxygen atoms in total. The van der Waals surface area contributed by atoms with Crippen LogP contribution in [0.25, 0.3) is 0 Å². The maximum atomic E-state index is 4.41. The second kappa shape index (κ2) is 4.56. The maximum absolute atomic E-state index is 4.41. The van der Waals surface area contributed by atoms with E-state index in [-0.39, 0.29) is 0 Å². The zero-order valence-corrected chi connectivity index (χ0v) is 8.79. The Morgan fingerprint density at radius 2 is 2.50 bits per heavy atom. The molecular formula is C12H18N2. The van der Waals surface area contributed by atoms with Gasteiger partial charge in [0.1, 0.15) is 0 Å². The number of nitrogens with one attached hydrogen (secondary N) is 1. The van der Waals surface area contributed by atoms with Crippen LogP contribution in [0.1, 0.15) is 30.5 Å². The first-order chi connectivity index (χ1) is 6.86. The van der Waals surface area contributed by atoms with Crippen molar-refractivity contribution in [3.05, 3.63) is 29.6 Å². The molecule has 1 saturated heterocycles. The van der Waals surface area contributed by atoms with Crippen molar-refractivity contribution in [2.75, 3.05) is 6.54 Å². The smallest absolute Gasteiger partial charge is 0.0433 e. The fraction of sp³-hybridized carbons (Fsp3) is 0.583. The molecule has 76 valence electrons. The Kier molecular flexibility index (Phi) is 3.14. The first-order valence-electron chi connectivity index (χ1n) is 5.50. The molecule has 0 radical (unpaired) electrons. The summed E-state index contributed by atoms with van der Waals surface area (Å²) in [6.07, 6.45) is 6.92. The van der Waals surface area contributed by atoms with Gasteiger partial charge in [-0.15, -0.1) is 0 Å². The lowest BCUT2D eigenvalue weighted by atomic mass is 10.1. The average Bonchev–Trinajstić information content (AvgIpc) is 2.69. The maximum Gasteiger partial charge on any atom is 0.0433 e. The SMILES string of the molecule is Cc1cccnc1CC[C@@H]1CCCN1. The van der Waals surface area contributed by atoms with Crippen LogP contribution < -0.4 is 5.32 Å². The molecule has 0 amide bonds. The van der Waals surface area contributed by atoms with E-state index in [0.29, 0.717) is 0 Å². The molecule has 1 aromatic rings. The third-order valence-electron chi connectivity index (χ3n) is 3.01. The fourth-order valence-electron chi connectivity index (χ4n) is 2.09. The molecule has 14 heavy (non-hydrogen) atoms. The Morgan fingerprint density at radius 3 is 3.21 bits per heavy atom. The second-order valence-electron chi connectivity index (χ2n) is 4.10. The third kappa shape index (κ3) is 2.32. The van der Waals surface area contributed by atoms with Crippen molar-refractivity contribution in [3.8, 4) is 0 Å². The number of pyridine rings is 1. The van der Waals surface area contributed by atoms with Gasteiger partial charge in [0.05, 0.1) is 0 Å². The van der Waals surface area contributed by atoms with Crippen LogP contribution in [0.5, 0.6) is 0 Å². The van der Waals surface area contributed by atoms with E-state index in [2.05, 4.69) is 23.3 Å². The largest absolute Gasteiger partial charge is 0.314 e. The van der Waals surface area contributed by atoms with Crippen molar-refractivity contribution in [3.63, 3.8) is 0 Å². The van der Waals surface area contributed by atoms with Crippen molar-refractivity contribution in [1.29, 1.82) is 0 Å². The molecule has 0 aliphatic carbocycles. The van der Waals surface area contributed by atoms with Crippen molar-refractivity contribution >= 4 is 0 Å². The van der Waals surface area contributed by atoms with Crippen LogP contribution in [0.15, 0.2) is 18.3 Å². The van der Waals surface area contributed by atoms with E-state index in [1.54, 1.807) is 0 Å². The molecule has 2 rings (SSSR count). The third-order valence-corrected chi connectivity index (χ3v) is 3.01. The van der Waals surface area contributed by atoms with Gasteiger partial charge in [-0.3, -0.25) is 4.98 Å². The van der Waals surface area contributed by atoms with E-state index in [9.17, 15) is 0 Å². The van der Waals surface area contributed by atoms with Crippen molar-refractivity contribution in [1.82, 2.24) is 10.3 Å². The van der Waals surface area contributed by atoms with Gasteiger partial charge in [-0.1, -0.05) is 6.07 Å². The van der Waals surface area contributed by atoms with E-state index in [1.165, 1.54) is 37.1 Å². The average molecular weight is 190 g/mol. The number of nitrogens with zero attached hydrogens (tertiary/aromatic N) is 1. The van der Waals surface area contributed by atoms with Gasteiger partial charge in [0.25, 0.3) is 0 Å². The van der Waals surface area contributed by atoms with Crippen LogP contribution in [0, 0.1) is 6.92 Å². The van der Waals surface area contributed by atoms with Crippen LogP contribution in [0.2, 0.25) is 0 Å². The van der Waals surface area contributed by atoms with Crippen molar-refractivity contribution in [2.45, 2.75) is 38.6 Å². The molecule has 1 aliphatic heterocycles. The summed E-state index contributed by atoms with van der Waals surface area (Å²) >= 11 is 0. The summed E-state index contributed by atoms with van der Waals surface area (Å²) in [5, 5.41) is 3.52. The number of aromatic nitrogens is 1. The Bertz CT molecular complexity index is 290. The van der Waals surface area contributed by atoms with Crippen LogP contribution >= 0.6 is 0 Å². The Labute approximate surface area is 85.7 Å². The van der Waals surface area contributed by atoms with E-state index >= 15 is 0 Å². The highest BCUT2D eigenvalue weighted by Gasteiger charge is 2.13. The summed E-state index contributed by atoms with van der Waals surface area (Å²) in [6.45, 7) is 3.34. The van der Waals surface area contributed by atoms with Gasteiger partial charge < -0.3 is 5.32 Å². The van der Waals surface area contributed by atoms with E-state index in [1.807, 2.05) is 12.3 Å². The summed E-state index contributed by atoms with van der Waals surface area (Å²) < 4.78 is 0. The summed E-state index contributed by atoms with van der Waals surface area (Å²) in [7, 11) is 0. The first-order valence-corrected chi connectivity index (χ1v) is 5.50. The van der Waals surface area contributed by atoms with Crippen molar-refractivity contribution in [2.24, 2.45) is 0 Å². The topological polar surface area (TPSA) is 24.9 Å². The van der Waals surface area contributed by atoms with Gasteiger partial charge in [-0.05, 0) is 50.8 Å². The molecule has 1 N–H and O–H groups in total. The van der Waals surface area contributed by atoms with Crippen LogP contribution in [0.4, 0.5) is 0 Å². The Balaban J connectivity index is 1.88. The van der Waals surface area contributed by atoms with E-state index in [4.69, 9.17) is 0 Å². The first kappa shape index (κ1) is 9.66. The normalized spacial score (nSPS) is 21.4. The molecule has 0 aromatic carbocycles. The molecule has 0 saturated carbocycles. The lowest BCUT2D eigenvalue weighted by molar-refractivity contribution is 0.554. The van der Waals surface area contributed by atoms with Crippen LogP contribution in [0.3, 0.4) is 0 Å². The minimum Gasteiger partial charge on any atom is -0.314 e. The Hall–Kier alpha value is -0.890. The standard InChI is InChI=1S/C12H18N2/c1-10-4-2-9-14-12(10)7-6-11-5-3-8-13-11/h2,4,9,11,13H,3,5-8H2,1H3/t11-/m0/s1. The highest BCUT2D eigenvalue weighted by molar-refractivity contribution is 5.17. The predicted octanol–water partition coefficient (Wildman–Crippen LogP) is 2.07. The zero-order valence-electron chi connectivity index (χ0n) is 8.79. The minimum atomic E-state index is 0.733. The summed E-state index contributed by atoms with van der Waals surface area (Å²) in [4.78, 5) is 4.41.